The number of likely N-dealkylation sites (N-methyl/N-ethyl adjacent to an activating group) is 1. The maximum Gasteiger partial charge on any atom is 0.257 e. The molecule has 0 aromatic carbocycles. The van der Waals surface area contributed by atoms with Crippen molar-refractivity contribution in [3.63, 3.8) is 0 Å². The molecule has 2 nitrogen and oxygen atoms in total. The lowest BCUT2D eigenvalue weighted by Crippen LogP contribution is -2.21. The van der Waals surface area contributed by atoms with Gasteiger partial charge in [-0.2, -0.15) is 0 Å². The molecule has 78 valence electrons. The molecule has 1 aliphatic rings. The van der Waals surface area contributed by atoms with Gasteiger partial charge in [0.2, 0.25) is 0 Å². The number of carbonyl (C=O) groups excluding carboxylic acids is 1. The molecule has 0 aromatic heterocycles. The van der Waals surface area contributed by atoms with E-state index in [1.165, 1.54) is 11.0 Å². The average molecular weight is 197 g/mol. The summed E-state index contributed by atoms with van der Waals surface area (Å²) >= 11 is 0. The predicted octanol–water partition coefficient (Wildman–Crippen LogP) is 2.45. The molecule has 0 N–H and O–H groups in total. The van der Waals surface area contributed by atoms with E-state index in [1.54, 1.807) is 7.05 Å². The quantitative estimate of drug-likeness (QED) is 0.666. The summed E-state index contributed by atoms with van der Waals surface area (Å²) in [5.74, 6) is -1.00. The second kappa shape index (κ2) is 5.37. The maximum absolute atomic E-state index is 12.7. The molecule has 14 heavy (non-hydrogen) atoms. The Labute approximate surface area is 84.4 Å². The van der Waals surface area contributed by atoms with Crippen molar-refractivity contribution >= 4 is 5.91 Å². The lowest BCUT2D eigenvalue weighted by atomic mass is 10.1. The number of rotatable bonds is 2. The van der Waals surface area contributed by atoms with Crippen LogP contribution in [0.5, 0.6) is 0 Å². The molecule has 0 saturated heterocycles. The number of hydrogen-bond donors (Lipinski definition) is 0. The van der Waals surface area contributed by atoms with E-state index in [1.807, 2.05) is 13.8 Å². The highest BCUT2D eigenvalue weighted by Crippen LogP contribution is 2.24. The third-order valence-electron chi connectivity index (χ3n) is 1.81. The summed E-state index contributed by atoms with van der Waals surface area (Å²) in [5, 5.41) is 0. The Balaban J connectivity index is 0.000000791. The van der Waals surface area contributed by atoms with Gasteiger partial charge in [-0.1, -0.05) is 33.1 Å². The normalized spacial score (nSPS) is 15.1. The van der Waals surface area contributed by atoms with Crippen LogP contribution < -0.4 is 0 Å². The van der Waals surface area contributed by atoms with Crippen LogP contribution in [0.3, 0.4) is 0 Å². The minimum atomic E-state index is -0.681. The molecule has 0 bridgehead atoms. The summed E-state index contributed by atoms with van der Waals surface area (Å²) in [5.41, 5.74) is 0.669. The molecule has 0 unspecified atom stereocenters. The van der Waals surface area contributed by atoms with Crippen molar-refractivity contribution in [2.45, 2.75) is 13.8 Å². The molecule has 0 atom stereocenters. The third kappa shape index (κ3) is 2.31. The van der Waals surface area contributed by atoms with Crippen LogP contribution in [-0.2, 0) is 4.79 Å². The van der Waals surface area contributed by atoms with Gasteiger partial charge in [-0.15, -0.1) is 0 Å². The van der Waals surface area contributed by atoms with Crippen LogP contribution in [0.4, 0.5) is 4.39 Å². The third-order valence-corrected chi connectivity index (χ3v) is 1.81. The monoisotopic (exact) mass is 197 g/mol. The lowest BCUT2D eigenvalue weighted by molar-refractivity contribution is -0.124. The maximum atomic E-state index is 12.7. The molecule has 0 aromatic rings. The smallest absolute Gasteiger partial charge is 0.257 e. The molecule has 1 aliphatic heterocycles. The van der Waals surface area contributed by atoms with E-state index in [-0.39, 0.29) is 11.5 Å². The molecule has 3 heteroatoms. The minimum Gasteiger partial charge on any atom is -0.337 e. The first kappa shape index (κ1) is 12.6. The van der Waals surface area contributed by atoms with Crippen LogP contribution in [0.15, 0.2) is 36.2 Å². The number of nitrogens with zero attached hydrogens (tertiary/aromatic N) is 1. The predicted molar refractivity (Wildman–Crippen MR) is 56.5 cm³/mol. The topological polar surface area (TPSA) is 20.3 Å². The minimum absolute atomic E-state index is 0.0625. The Morgan fingerprint density at radius 3 is 2.36 bits per heavy atom. The Hall–Kier alpha value is -1.38. The molecule has 0 aliphatic carbocycles. The first-order chi connectivity index (χ1) is 6.57. The van der Waals surface area contributed by atoms with Crippen LogP contribution in [-0.4, -0.2) is 24.4 Å². The van der Waals surface area contributed by atoms with Gasteiger partial charge in [0, 0.05) is 13.6 Å². The van der Waals surface area contributed by atoms with Gasteiger partial charge in [0.1, 0.15) is 5.83 Å². The second-order valence-corrected chi connectivity index (χ2v) is 2.67. The van der Waals surface area contributed by atoms with Crippen molar-refractivity contribution in [3.05, 3.63) is 36.2 Å². The number of carbonyl (C=O) groups is 1. The van der Waals surface area contributed by atoms with Gasteiger partial charge in [0.25, 0.3) is 5.91 Å². The van der Waals surface area contributed by atoms with Crippen molar-refractivity contribution in [3.8, 4) is 0 Å². The Bertz CT molecular complexity index is 292. The van der Waals surface area contributed by atoms with Crippen molar-refractivity contribution in [1.29, 1.82) is 0 Å². The number of amides is 1. The van der Waals surface area contributed by atoms with Crippen LogP contribution in [0.25, 0.3) is 0 Å². The van der Waals surface area contributed by atoms with E-state index in [4.69, 9.17) is 0 Å². The molecule has 0 fully saturated rings. The highest BCUT2D eigenvalue weighted by Gasteiger charge is 2.27. The Kier molecular flexibility index (Phi) is 4.84. The summed E-state index contributed by atoms with van der Waals surface area (Å²) in [6.07, 6.45) is 1.49. The van der Waals surface area contributed by atoms with Gasteiger partial charge in [0.05, 0.1) is 5.57 Å². The van der Waals surface area contributed by atoms with Gasteiger partial charge >= 0.3 is 0 Å². The fourth-order valence-corrected chi connectivity index (χ4v) is 1.19. The van der Waals surface area contributed by atoms with Crippen LogP contribution in [0, 0.1) is 0 Å². The summed E-state index contributed by atoms with van der Waals surface area (Å²) in [4.78, 5) is 12.7. The standard InChI is InChI=1S/C9H10FNO.C2H6/c1-4-7-5-11(3)9(12)8(7)6(2)10;1-2/h4H,1-2,5H2,3H3;1-2H3. The zero-order valence-corrected chi connectivity index (χ0v) is 8.93. The van der Waals surface area contributed by atoms with Crippen molar-refractivity contribution in [1.82, 2.24) is 4.90 Å². The molecule has 0 radical (unpaired) electrons. The van der Waals surface area contributed by atoms with Gasteiger partial charge in [-0.3, -0.25) is 4.79 Å². The fraction of sp³-hybridized carbons (Fsp3) is 0.364. The molecule has 1 heterocycles. The first-order valence-corrected chi connectivity index (χ1v) is 4.53. The molecule has 0 saturated carbocycles. The second-order valence-electron chi connectivity index (χ2n) is 2.67. The van der Waals surface area contributed by atoms with E-state index < -0.39 is 5.83 Å². The highest BCUT2D eigenvalue weighted by molar-refractivity contribution is 6.00. The Morgan fingerprint density at radius 1 is 1.57 bits per heavy atom. The SMILES string of the molecule is C=CC1=C(C(=C)F)C(=O)N(C)C1.CC. The van der Waals surface area contributed by atoms with Gasteiger partial charge in [0.15, 0.2) is 0 Å². The van der Waals surface area contributed by atoms with E-state index in [9.17, 15) is 9.18 Å². The van der Waals surface area contributed by atoms with E-state index in [0.29, 0.717) is 12.1 Å². The van der Waals surface area contributed by atoms with Crippen molar-refractivity contribution in [2.24, 2.45) is 0 Å². The highest BCUT2D eigenvalue weighted by atomic mass is 19.1. The van der Waals surface area contributed by atoms with Crippen molar-refractivity contribution in [2.75, 3.05) is 13.6 Å². The summed E-state index contributed by atoms with van der Waals surface area (Å²) in [7, 11) is 1.61. The summed E-state index contributed by atoms with van der Waals surface area (Å²) in [6, 6.07) is 0. The summed E-state index contributed by atoms with van der Waals surface area (Å²) < 4.78 is 12.7. The van der Waals surface area contributed by atoms with Crippen molar-refractivity contribution < 1.29 is 9.18 Å². The molecule has 0 spiro atoms. The first-order valence-electron chi connectivity index (χ1n) is 4.53. The average Bonchev–Trinajstić information content (AvgIpc) is 2.46. The van der Waals surface area contributed by atoms with E-state index >= 15 is 0 Å². The largest absolute Gasteiger partial charge is 0.337 e. The molecular weight excluding hydrogens is 181 g/mol. The number of hydrogen-bond acceptors (Lipinski definition) is 1. The van der Waals surface area contributed by atoms with Crippen LogP contribution in [0.2, 0.25) is 0 Å². The van der Waals surface area contributed by atoms with Gasteiger partial charge < -0.3 is 4.90 Å². The van der Waals surface area contributed by atoms with Crippen LogP contribution >= 0.6 is 0 Å². The molecule has 1 amide bonds. The zero-order valence-electron chi connectivity index (χ0n) is 8.93. The Morgan fingerprint density at radius 2 is 2.07 bits per heavy atom. The molecular formula is C11H16FNO. The number of halogens is 1. The fourth-order valence-electron chi connectivity index (χ4n) is 1.19. The lowest BCUT2D eigenvalue weighted by Gasteiger charge is -2.06. The van der Waals surface area contributed by atoms with E-state index in [0.717, 1.165) is 0 Å². The summed E-state index contributed by atoms with van der Waals surface area (Å²) in [6.45, 7) is 11.0. The zero-order chi connectivity index (χ0) is 11.3. The van der Waals surface area contributed by atoms with Gasteiger partial charge in [-0.25, -0.2) is 4.39 Å². The van der Waals surface area contributed by atoms with Crippen LogP contribution in [0.1, 0.15) is 13.8 Å². The molecule has 1 rings (SSSR count). The van der Waals surface area contributed by atoms with Gasteiger partial charge in [-0.05, 0) is 5.57 Å². The van der Waals surface area contributed by atoms with E-state index in [2.05, 4.69) is 13.2 Å².